The third-order valence-corrected chi connectivity index (χ3v) is 5.39. The summed E-state index contributed by atoms with van der Waals surface area (Å²) >= 11 is 0. The zero-order valence-electron chi connectivity index (χ0n) is 17.6. The largest absolute Gasteiger partial charge is 0.352 e. The van der Waals surface area contributed by atoms with Crippen LogP contribution in [0.3, 0.4) is 0 Å². The molecule has 4 heteroatoms. The maximum atomic E-state index is 12.3. The predicted molar refractivity (Wildman–Crippen MR) is 120 cm³/mol. The molecule has 0 spiro atoms. The Bertz CT molecular complexity index is 885. The number of aryl methyl sites for hydroxylation is 1. The number of carbonyl (C=O) groups is 1. The zero-order chi connectivity index (χ0) is 20.3. The average Bonchev–Trinajstić information content (AvgIpc) is 3.11. The topological polar surface area (TPSA) is 46.9 Å². The van der Waals surface area contributed by atoms with Crippen LogP contribution in [0.4, 0.5) is 0 Å². The van der Waals surface area contributed by atoms with Crippen molar-refractivity contribution in [3.63, 3.8) is 0 Å². The van der Waals surface area contributed by atoms with Crippen molar-refractivity contribution in [2.24, 2.45) is 0 Å². The molecule has 0 aliphatic rings. The van der Waals surface area contributed by atoms with Crippen LogP contribution < -0.4 is 5.32 Å². The summed E-state index contributed by atoms with van der Waals surface area (Å²) in [5.41, 5.74) is 2.94. The van der Waals surface area contributed by atoms with E-state index < -0.39 is 0 Å². The van der Waals surface area contributed by atoms with Gasteiger partial charge in [0.05, 0.1) is 11.0 Å². The number of amides is 1. The van der Waals surface area contributed by atoms with Gasteiger partial charge in [0.1, 0.15) is 5.82 Å². The SMILES string of the molecule is CCCCCCCCCn1c(CCNC(=O)c2ccccc2)nc2ccccc21. The lowest BCUT2D eigenvalue weighted by atomic mass is 10.1. The fourth-order valence-electron chi connectivity index (χ4n) is 3.77. The van der Waals surface area contributed by atoms with E-state index >= 15 is 0 Å². The molecule has 0 atom stereocenters. The number of hydrogen-bond donors (Lipinski definition) is 1. The average molecular weight is 392 g/mol. The molecule has 0 saturated heterocycles. The number of carbonyl (C=O) groups excluding carboxylic acids is 1. The highest BCUT2D eigenvalue weighted by Crippen LogP contribution is 2.18. The molecule has 4 nitrogen and oxygen atoms in total. The standard InChI is InChI=1S/C25H33N3O/c1-2-3-4-5-6-7-13-20-28-23-17-12-11-16-22(23)27-24(28)18-19-26-25(29)21-14-9-8-10-15-21/h8-12,14-17H,2-7,13,18-20H2,1H3,(H,26,29). The van der Waals surface area contributed by atoms with Crippen molar-refractivity contribution >= 4 is 16.9 Å². The number of imidazole rings is 1. The lowest BCUT2D eigenvalue weighted by Crippen LogP contribution is -2.26. The van der Waals surface area contributed by atoms with Gasteiger partial charge in [0.2, 0.25) is 0 Å². The fourth-order valence-corrected chi connectivity index (χ4v) is 3.77. The molecule has 29 heavy (non-hydrogen) atoms. The number of fused-ring (bicyclic) bond motifs is 1. The number of aromatic nitrogens is 2. The molecular weight excluding hydrogens is 358 g/mol. The summed E-state index contributed by atoms with van der Waals surface area (Å²) in [4.78, 5) is 17.1. The van der Waals surface area contributed by atoms with Crippen molar-refractivity contribution in [3.05, 3.63) is 66.0 Å². The summed E-state index contributed by atoms with van der Waals surface area (Å²) in [7, 11) is 0. The molecule has 1 heterocycles. The van der Waals surface area contributed by atoms with Gasteiger partial charge in [-0.1, -0.05) is 75.8 Å². The van der Waals surface area contributed by atoms with Gasteiger partial charge in [-0.25, -0.2) is 4.98 Å². The highest BCUT2D eigenvalue weighted by molar-refractivity contribution is 5.94. The second-order valence-electron chi connectivity index (χ2n) is 7.66. The molecule has 0 fully saturated rings. The van der Waals surface area contributed by atoms with Gasteiger partial charge in [0, 0.05) is 25.1 Å². The van der Waals surface area contributed by atoms with Crippen molar-refractivity contribution in [3.8, 4) is 0 Å². The molecule has 0 unspecified atom stereocenters. The van der Waals surface area contributed by atoms with Crippen LogP contribution in [-0.2, 0) is 13.0 Å². The summed E-state index contributed by atoms with van der Waals surface area (Å²) in [6.07, 6.45) is 9.85. The smallest absolute Gasteiger partial charge is 0.251 e. The third kappa shape index (κ3) is 6.18. The van der Waals surface area contributed by atoms with E-state index in [1.54, 1.807) is 0 Å². The minimum atomic E-state index is -0.0275. The fraction of sp³-hybridized carbons (Fsp3) is 0.440. The molecule has 1 amide bonds. The van der Waals surface area contributed by atoms with Crippen LogP contribution in [0.15, 0.2) is 54.6 Å². The molecular formula is C25H33N3O. The lowest BCUT2D eigenvalue weighted by molar-refractivity contribution is 0.0954. The molecule has 3 rings (SSSR count). The third-order valence-electron chi connectivity index (χ3n) is 5.39. The molecule has 2 aromatic carbocycles. The lowest BCUT2D eigenvalue weighted by Gasteiger charge is -2.10. The van der Waals surface area contributed by atoms with Crippen LogP contribution >= 0.6 is 0 Å². The van der Waals surface area contributed by atoms with Gasteiger partial charge >= 0.3 is 0 Å². The molecule has 154 valence electrons. The Morgan fingerprint density at radius 3 is 2.38 bits per heavy atom. The number of nitrogens with one attached hydrogen (secondary N) is 1. The Balaban J connectivity index is 1.55. The van der Waals surface area contributed by atoms with E-state index in [9.17, 15) is 4.79 Å². The number of unbranched alkanes of at least 4 members (excludes halogenated alkanes) is 6. The van der Waals surface area contributed by atoms with E-state index in [2.05, 4.69) is 35.0 Å². The van der Waals surface area contributed by atoms with Crippen LogP contribution in [0.1, 0.15) is 68.1 Å². The van der Waals surface area contributed by atoms with Gasteiger partial charge in [-0.2, -0.15) is 0 Å². The van der Waals surface area contributed by atoms with Gasteiger partial charge < -0.3 is 9.88 Å². The van der Waals surface area contributed by atoms with Crippen LogP contribution in [0.25, 0.3) is 11.0 Å². The van der Waals surface area contributed by atoms with Crippen molar-refractivity contribution in [2.45, 2.75) is 64.8 Å². The van der Waals surface area contributed by atoms with Gasteiger partial charge in [0.25, 0.3) is 5.91 Å². The maximum Gasteiger partial charge on any atom is 0.251 e. The molecule has 0 saturated carbocycles. The van der Waals surface area contributed by atoms with Crippen LogP contribution in [0, 0.1) is 0 Å². The molecule has 0 aliphatic carbocycles. The first-order chi connectivity index (χ1) is 14.3. The Kier molecular flexibility index (Phi) is 8.29. The maximum absolute atomic E-state index is 12.3. The van der Waals surface area contributed by atoms with Crippen LogP contribution in [-0.4, -0.2) is 22.0 Å². The predicted octanol–water partition coefficient (Wildman–Crippen LogP) is 5.76. The number of nitrogens with zero attached hydrogens (tertiary/aromatic N) is 2. The molecule has 3 aromatic rings. The summed E-state index contributed by atoms with van der Waals surface area (Å²) in [6.45, 7) is 3.85. The van der Waals surface area contributed by atoms with Crippen molar-refractivity contribution in [1.82, 2.24) is 14.9 Å². The first kappa shape index (κ1) is 21.1. The van der Waals surface area contributed by atoms with Crippen molar-refractivity contribution in [2.75, 3.05) is 6.54 Å². The monoisotopic (exact) mass is 391 g/mol. The van der Waals surface area contributed by atoms with Gasteiger partial charge in [-0.15, -0.1) is 0 Å². The van der Waals surface area contributed by atoms with E-state index in [1.165, 1.54) is 50.5 Å². The van der Waals surface area contributed by atoms with E-state index in [0.717, 1.165) is 24.3 Å². The molecule has 1 aromatic heterocycles. The summed E-state index contributed by atoms with van der Waals surface area (Å²) in [6, 6.07) is 17.7. The van der Waals surface area contributed by atoms with Crippen molar-refractivity contribution < 1.29 is 4.79 Å². The zero-order valence-corrected chi connectivity index (χ0v) is 17.6. The Labute approximate surface area is 174 Å². The van der Waals surface area contributed by atoms with E-state index in [1.807, 2.05) is 36.4 Å². The van der Waals surface area contributed by atoms with Crippen LogP contribution in [0.5, 0.6) is 0 Å². The van der Waals surface area contributed by atoms with E-state index in [0.29, 0.717) is 12.1 Å². The highest BCUT2D eigenvalue weighted by atomic mass is 16.1. The molecule has 0 radical (unpaired) electrons. The quantitative estimate of drug-likeness (QED) is 0.399. The Morgan fingerprint density at radius 2 is 1.59 bits per heavy atom. The van der Waals surface area contributed by atoms with Gasteiger partial charge in [-0.3, -0.25) is 4.79 Å². The van der Waals surface area contributed by atoms with Crippen LogP contribution in [0.2, 0.25) is 0 Å². The number of benzene rings is 2. The first-order valence-corrected chi connectivity index (χ1v) is 11.1. The molecule has 1 N–H and O–H groups in total. The van der Waals surface area contributed by atoms with E-state index in [4.69, 9.17) is 4.98 Å². The van der Waals surface area contributed by atoms with E-state index in [-0.39, 0.29) is 5.91 Å². The number of rotatable bonds is 12. The minimum Gasteiger partial charge on any atom is -0.352 e. The first-order valence-electron chi connectivity index (χ1n) is 11.1. The number of para-hydroxylation sites is 2. The summed E-state index contributed by atoms with van der Waals surface area (Å²) in [5.74, 6) is 1.03. The molecule has 0 aliphatic heterocycles. The molecule has 0 bridgehead atoms. The Morgan fingerprint density at radius 1 is 0.897 bits per heavy atom. The number of hydrogen-bond acceptors (Lipinski definition) is 2. The van der Waals surface area contributed by atoms with Gasteiger partial charge in [0.15, 0.2) is 0 Å². The second-order valence-corrected chi connectivity index (χ2v) is 7.66. The summed E-state index contributed by atoms with van der Waals surface area (Å²) in [5, 5.41) is 3.02. The van der Waals surface area contributed by atoms with Crippen molar-refractivity contribution in [1.29, 1.82) is 0 Å². The second kappa shape index (κ2) is 11.4. The Hall–Kier alpha value is -2.62. The minimum absolute atomic E-state index is 0.0275. The normalized spacial score (nSPS) is 11.1. The van der Waals surface area contributed by atoms with Gasteiger partial charge in [-0.05, 0) is 30.7 Å². The highest BCUT2D eigenvalue weighted by Gasteiger charge is 2.11. The summed E-state index contributed by atoms with van der Waals surface area (Å²) < 4.78 is 2.34.